The Morgan fingerprint density at radius 3 is 2.08 bits per heavy atom. The number of hydrogen-bond acceptors (Lipinski definition) is 4. The Morgan fingerprint density at radius 1 is 0.889 bits per heavy atom. The van der Waals surface area contributed by atoms with Crippen LogP contribution in [0.4, 0.5) is 13.2 Å². The van der Waals surface area contributed by atoms with Crippen molar-refractivity contribution in [2.75, 3.05) is 13.1 Å². The zero-order chi connectivity index (χ0) is 25.7. The van der Waals surface area contributed by atoms with Crippen molar-refractivity contribution >= 4 is 11.8 Å². The lowest BCUT2D eigenvalue weighted by Crippen LogP contribution is -2.41. The number of likely N-dealkylation sites (tertiary alicyclic amines) is 1. The lowest BCUT2D eigenvalue weighted by atomic mass is 9.96. The summed E-state index contributed by atoms with van der Waals surface area (Å²) >= 11 is 0. The molecule has 1 aliphatic heterocycles. The smallest absolute Gasteiger partial charge is 0.416 e. The minimum absolute atomic E-state index is 0.210. The molecule has 2 aromatic carbocycles. The average Bonchev–Trinajstić information content (AvgIpc) is 3.32. The molecule has 3 aromatic rings. The number of nitrogens with two attached hydrogens (primary N) is 1. The van der Waals surface area contributed by atoms with Gasteiger partial charge in [0.1, 0.15) is 5.76 Å². The van der Waals surface area contributed by atoms with Crippen molar-refractivity contribution in [2.45, 2.75) is 38.7 Å². The van der Waals surface area contributed by atoms with Gasteiger partial charge in [-0.05, 0) is 48.2 Å². The molecule has 1 aliphatic rings. The van der Waals surface area contributed by atoms with Gasteiger partial charge in [-0.15, -0.1) is 0 Å². The van der Waals surface area contributed by atoms with E-state index in [0.29, 0.717) is 51.3 Å². The predicted octanol–water partition coefficient (Wildman–Crippen LogP) is 4.84. The SMILES string of the molecule is NC(=O)C1CCN(C(=O)c2ccc(CN(Cc3ccccc3)Cc3ccc(C(F)(F)F)cc3)o2)CC1. The molecule has 0 atom stereocenters. The predicted molar refractivity (Wildman–Crippen MR) is 127 cm³/mol. The summed E-state index contributed by atoms with van der Waals surface area (Å²) in [5.41, 5.74) is 6.47. The summed E-state index contributed by atoms with van der Waals surface area (Å²) in [6.45, 7) is 2.20. The third-order valence-corrected chi connectivity index (χ3v) is 6.37. The first kappa shape index (κ1) is 25.5. The molecule has 1 aromatic heterocycles. The molecule has 0 spiro atoms. The van der Waals surface area contributed by atoms with Crippen molar-refractivity contribution in [1.29, 1.82) is 0 Å². The van der Waals surface area contributed by atoms with Gasteiger partial charge in [0.05, 0.1) is 12.1 Å². The summed E-state index contributed by atoms with van der Waals surface area (Å²) in [6.07, 6.45) is -3.31. The van der Waals surface area contributed by atoms with Crippen LogP contribution in [0, 0.1) is 5.92 Å². The highest BCUT2D eigenvalue weighted by Gasteiger charge is 2.30. The van der Waals surface area contributed by atoms with E-state index in [9.17, 15) is 22.8 Å². The van der Waals surface area contributed by atoms with Gasteiger partial charge in [0.2, 0.25) is 5.91 Å². The highest BCUT2D eigenvalue weighted by molar-refractivity contribution is 5.91. The maximum Gasteiger partial charge on any atom is 0.416 e. The number of alkyl halides is 3. The second-order valence-electron chi connectivity index (χ2n) is 9.06. The molecular weight excluding hydrogens is 471 g/mol. The number of carbonyl (C=O) groups excluding carboxylic acids is 2. The van der Waals surface area contributed by atoms with Crippen molar-refractivity contribution < 1.29 is 27.2 Å². The van der Waals surface area contributed by atoms with E-state index in [1.165, 1.54) is 12.1 Å². The van der Waals surface area contributed by atoms with Crippen LogP contribution in [0.1, 0.15) is 45.8 Å². The maximum atomic E-state index is 12.9. The first-order chi connectivity index (χ1) is 17.2. The van der Waals surface area contributed by atoms with E-state index >= 15 is 0 Å². The number of halogens is 3. The third-order valence-electron chi connectivity index (χ3n) is 6.37. The molecule has 2 N–H and O–H groups in total. The zero-order valence-corrected chi connectivity index (χ0v) is 19.7. The van der Waals surface area contributed by atoms with Crippen LogP contribution >= 0.6 is 0 Å². The van der Waals surface area contributed by atoms with Crippen LogP contribution in [0.2, 0.25) is 0 Å². The lowest BCUT2D eigenvalue weighted by molar-refractivity contribution is -0.137. The minimum atomic E-state index is -4.38. The Hall–Kier alpha value is -3.59. The number of carbonyl (C=O) groups is 2. The number of rotatable bonds is 8. The quantitative estimate of drug-likeness (QED) is 0.481. The van der Waals surface area contributed by atoms with Crippen molar-refractivity contribution in [1.82, 2.24) is 9.80 Å². The number of nitrogens with zero attached hydrogens (tertiary/aromatic N) is 2. The number of hydrogen-bond donors (Lipinski definition) is 1. The topological polar surface area (TPSA) is 79.8 Å². The normalized spacial score (nSPS) is 14.8. The molecule has 1 saturated heterocycles. The number of amides is 2. The summed E-state index contributed by atoms with van der Waals surface area (Å²) < 4.78 is 44.7. The van der Waals surface area contributed by atoms with Crippen molar-refractivity contribution in [3.8, 4) is 0 Å². The van der Waals surface area contributed by atoms with Gasteiger partial charge in [0, 0.05) is 32.1 Å². The highest BCUT2D eigenvalue weighted by Crippen LogP contribution is 2.29. The molecule has 36 heavy (non-hydrogen) atoms. The van der Waals surface area contributed by atoms with Gasteiger partial charge < -0.3 is 15.1 Å². The average molecular weight is 500 g/mol. The lowest BCUT2D eigenvalue weighted by Gasteiger charge is -2.29. The van der Waals surface area contributed by atoms with E-state index in [-0.39, 0.29) is 23.5 Å². The van der Waals surface area contributed by atoms with E-state index in [1.807, 2.05) is 35.2 Å². The molecule has 4 rings (SSSR count). The summed E-state index contributed by atoms with van der Waals surface area (Å²) in [7, 11) is 0. The number of primary amides is 1. The Bertz CT molecular complexity index is 1170. The van der Waals surface area contributed by atoms with E-state index in [1.54, 1.807) is 17.0 Å². The molecule has 2 heterocycles. The van der Waals surface area contributed by atoms with E-state index < -0.39 is 11.7 Å². The fourth-order valence-electron chi connectivity index (χ4n) is 4.39. The van der Waals surface area contributed by atoms with Gasteiger partial charge in [0.25, 0.3) is 5.91 Å². The van der Waals surface area contributed by atoms with Crippen LogP contribution in [0.3, 0.4) is 0 Å². The van der Waals surface area contributed by atoms with Gasteiger partial charge in [-0.3, -0.25) is 14.5 Å². The maximum absolute atomic E-state index is 12.9. The summed E-state index contributed by atoms with van der Waals surface area (Å²) in [5, 5.41) is 0. The Labute approximate surface area is 207 Å². The summed E-state index contributed by atoms with van der Waals surface area (Å²) in [6, 6.07) is 18.2. The second-order valence-corrected chi connectivity index (χ2v) is 9.06. The first-order valence-corrected chi connectivity index (χ1v) is 11.8. The van der Waals surface area contributed by atoms with Crippen molar-refractivity contribution in [3.05, 3.63) is 94.9 Å². The summed E-state index contributed by atoms with van der Waals surface area (Å²) in [4.78, 5) is 28.0. The fraction of sp³-hybridized carbons (Fsp3) is 0.333. The molecule has 0 aliphatic carbocycles. The molecule has 190 valence electrons. The minimum Gasteiger partial charge on any atom is -0.455 e. The Balaban J connectivity index is 1.45. The highest BCUT2D eigenvalue weighted by atomic mass is 19.4. The van der Waals surface area contributed by atoms with Gasteiger partial charge in [0.15, 0.2) is 5.76 Å². The van der Waals surface area contributed by atoms with E-state index in [4.69, 9.17) is 10.2 Å². The molecule has 6 nitrogen and oxygen atoms in total. The first-order valence-electron chi connectivity index (χ1n) is 11.8. The van der Waals surface area contributed by atoms with Crippen LogP contribution in [0.15, 0.2) is 71.1 Å². The number of furan rings is 1. The van der Waals surface area contributed by atoms with Crippen LogP contribution in [0.5, 0.6) is 0 Å². The molecular formula is C27H28F3N3O3. The molecule has 0 saturated carbocycles. The molecule has 0 radical (unpaired) electrons. The van der Waals surface area contributed by atoms with Crippen LogP contribution in [-0.2, 0) is 30.6 Å². The third kappa shape index (κ3) is 6.54. The van der Waals surface area contributed by atoms with E-state index in [2.05, 4.69) is 0 Å². The van der Waals surface area contributed by atoms with Gasteiger partial charge >= 0.3 is 6.18 Å². The molecule has 2 amide bonds. The zero-order valence-electron chi connectivity index (χ0n) is 19.7. The Kier molecular flexibility index (Phi) is 7.79. The monoisotopic (exact) mass is 499 g/mol. The van der Waals surface area contributed by atoms with Crippen LogP contribution in [-0.4, -0.2) is 34.7 Å². The fourth-order valence-corrected chi connectivity index (χ4v) is 4.39. The molecule has 9 heteroatoms. The van der Waals surface area contributed by atoms with Crippen LogP contribution < -0.4 is 5.73 Å². The standard InChI is InChI=1S/C27H28F3N3O3/c28-27(29,30)22-8-6-20(7-9-22)17-32(16-19-4-2-1-3-5-19)18-23-10-11-24(36-23)26(35)33-14-12-21(13-15-33)25(31)34/h1-11,21H,12-18H2,(H2,31,34). The molecule has 1 fully saturated rings. The van der Waals surface area contributed by atoms with Crippen LogP contribution in [0.25, 0.3) is 0 Å². The Morgan fingerprint density at radius 2 is 1.50 bits per heavy atom. The summed E-state index contributed by atoms with van der Waals surface area (Å²) in [5.74, 6) is 0.0124. The number of piperidine rings is 1. The second kappa shape index (κ2) is 11.0. The molecule has 0 bridgehead atoms. The van der Waals surface area contributed by atoms with E-state index in [0.717, 1.165) is 23.3 Å². The van der Waals surface area contributed by atoms with Gasteiger partial charge in [-0.2, -0.15) is 13.2 Å². The van der Waals surface area contributed by atoms with Crippen molar-refractivity contribution in [2.24, 2.45) is 11.7 Å². The van der Waals surface area contributed by atoms with Crippen molar-refractivity contribution in [3.63, 3.8) is 0 Å². The molecule has 0 unspecified atom stereocenters. The van der Waals surface area contributed by atoms with Gasteiger partial charge in [-0.25, -0.2) is 0 Å². The number of benzene rings is 2. The largest absolute Gasteiger partial charge is 0.455 e. The van der Waals surface area contributed by atoms with Gasteiger partial charge in [-0.1, -0.05) is 42.5 Å².